The molecule has 1 nitrogen and oxygen atoms in total. The van der Waals surface area contributed by atoms with Gasteiger partial charge in [-0.2, -0.15) is 0 Å². The normalized spacial score (nSPS) is 18.0. The predicted molar refractivity (Wildman–Crippen MR) is 63.5 cm³/mol. The molecule has 0 saturated heterocycles. The van der Waals surface area contributed by atoms with Gasteiger partial charge in [-0.25, -0.2) is 0 Å². The Morgan fingerprint density at radius 3 is 2.69 bits per heavy atom. The van der Waals surface area contributed by atoms with Gasteiger partial charge in [0.25, 0.3) is 0 Å². The van der Waals surface area contributed by atoms with Crippen molar-refractivity contribution in [1.82, 2.24) is 0 Å². The van der Waals surface area contributed by atoms with Crippen molar-refractivity contribution in [3.05, 3.63) is 20.8 Å². The van der Waals surface area contributed by atoms with Gasteiger partial charge in [0, 0.05) is 10.9 Å². The van der Waals surface area contributed by atoms with Crippen LogP contribution in [-0.4, -0.2) is 0 Å². The zero-order chi connectivity index (χ0) is 8.55. The number of nitrogens with two attached hydrogens (primary N) is 1. The molecule has 2 N–H and O–H groups in total. The van der Waals surface area contributed by atoms with E-state index in [0.29, 0.717) is 0 Å². The van der Waals surface area contributed by atoms with Gasteiger partial charge in [0.15, 0.2) is 0 Å². The first kappa shape index (κ1) is 11.5. The lowest BCUT2D eigenvalue weighted by atomic mass is 10.1. The Bertz CT molecular complexity index is 272. The summed E-state index contributed by atoms with van der Waals surface area (Å²) in [6, 6.07) is 4.47. The van der Waals surface area contributed by atoms with E-state index in [1.165, 1.54) is 27.9 Å². The van der Waals surface area contributed by atoms with Gasteiger partial charge in [-0.1, -0.05) is 12.8 Å². The topological polar surface area (TPSA) is 26.0 Å². The lowest BCUT2D eigenvalue weighted by molar-refractivity contribution is 0.605. The molecule has 0 spiro atoms. The van der Waals surface area contributed by atoms with Crippen molar-refractivity contribution in [3.8, 4) is 0 Å². The summed E-state index contributed by atoms with van der Waals surface area (Å²) < 4.78 is 1.18. The van der Waals surface area contributed by atoms with Gasteiger partial charge in [0.2, 0.25) is 0 Å². The third-order valence-corrected chi connectivity index (χ3v) is 4.00. The largest absolute Gasteiger partial charge is 0.323 e. The maximum absolute atomic E-state index is 6.04. The maximum atomic E-state index is 6.04. The summed E-state index contributed by atoms with van der Waals surface area (Å²) in [5, 5.41) is 0. The molecule has 0 amide bonds. The number of hydrogen-bond acceptors (Lipinski definition) is 2. The smallest absolute Gasteiger partial charge is 0.0701 e. The molecule has 1 heterocycles. The van der Waals surface area contributed by atoms with Crippen molar-refractivity contribution in [3.63, 3.8) is 0 Å². The summed E-state index contributed by atoms with van der Waals surface area (Å²) in [6.45, 7) is 0. The van der Waals surface area contributed by atoms with Crippen LogP contribution in [0.3, 0.4) is 0 Å². The predicted octanol–water partition coefficient (Wildman–Crippen LogP) is 3.73. The van der Waals surface area contributed by atoms with Crippen LogP contribution >= 0.6 is 39.7 Å². The van der Waals surface area contributed by atoms with Crippen molar-refractivity contribution in [2.45, 2.75) is 25.3 Å². The van der Waals surface area contributed by atoms with Gasteiger partial charge in [-0.05, 0) is 40.4 Å². The Balaban J connectivity index is 0.000000845. The third kappa shape index (κ3) is 3.24. The Morgan fingerprint density at radius 1 is 1.54 bits per heavy atom. The first-order valence-corrected chi connectivity index (χ1v) is 5.87. The van der Waals surface area contributed by atoms with Crippen molar-refractivity contribution < 1.29 is 0 Å². The van der Waals surface area contributed by atoms with Crippen molar-refractivity contribution in [2.75, 3.05) is 0 Å². The molecule has 0 bridgehead atoms. The second-order valence-electron chi connectivity index (χ2n) is 3.43. The van der Waals surface area contributed by atoms with Crippen LogP contribution in [0.15, 0.2) is 15.9 Å². The average molecular weight is 283 g/mol. The highest BCUT2D eigenvalue weighted by atomic mass is 79.9. The minimum atomic E-state index is 0. The van der Waals surface area contributed by atoms with E-state index in [0.717, 1.165) is 5.92 Å². The zero-order valence-electron chi connectivity index (χ0n) is 7.20. The van der Waals surface area contributed by atoms with Gasteiger partial charge >= 0.3 is 0 Å². The third-order valence-electron chi connectivity index (χ3n) is 2.24. The van der Waals surface area contributed by atoms with Crippen LogP contribution < -0.4 is 5.73 Å². The van der Waals surface area contributed by atoms with Crippen LogP contribution in [0.1, 0.15) is 30.2 Å². The summed E-state index contributed by atoms with van der Waals surface area (Å²) in [7, 11) is 0. The highest BCUT2D eigenvalue weighted by Gasteiger charge is 2.24. The highest BCUT2D eigenvalue weighted by Crippen LogP contribution is 2.38. The molecule has 1 saturated carbocycles. The van der Waals surface area contributed by atoms with E-state index < -0.39 is 0 Å². The molecule has 1 aromatic heterocycles. The summed E-state index contributed by atoms with van der Waals surface area (Å²) in [5.41, 5.74) is 6.04. The number of halogens is 2. The van der Waals surface area contributed by atoms with Crippen molar-refractivity contribution in [2.24, 2.45) is 11.7 Å². The van der Waals surface area contributed by atoms with Gasteiger partial charge in [0.05, 0.1) is 3.79 Å². The first-order valence-electron chi connectivity index (χ1n) is 4.26. The Morgan fingerprint density at radius 2 is 2.23 bits per heavy atom. The molecule has 13 heavy (non-hydrogen) atoms. The van der Waals surface area contributed by atoms with Crippen LogP contribution in [0, 0.1) is 5.92 Å². The molecule has 0 unspecified atom stereocenters. The van der Waals surface area contributed by atoms with E-state index in [2.05, 4.69) is 28.1 Å². The molecule has 1 atom stereocenters. The molecule has 1 aliphatic rings. The Labute approximate surface area is 97.3 Å². The van der Waals surface area contributed by atoms with Crippen LogP contribution in [0.25, 0.3) is 0 Å². The lowest BCUT2D eigenvalue weighted by Crippen LogP contribution is -2.08. The minimum absolute atomic E-state index is 0. The van der Waals surface area contributed by atoms with E-state index in [-0.39, 0.29) is 18.4 Å². The van der Waals surface area contributed by atoms with Crippen LogP contribution in [0.2, 0.25) is 0 Å². The van der Waals surface area contributed by atoms with Gasteiger partial charge in [-0.3, -0.25) is 0 Å². The van der Waals surface area contributed by atoms with Gasteiger partial charge in [0.1, 0.15) is 0 Å². The molecular formula is C9H13BrClNS. The second kappa shape index (κ2) is 4.78. The quantitative estimate of drug-likeness (QED) is 0.898. The molecule has 1 aliphatic carbocycles. The highest BCUT2D eigenvalue weighted by molar-refractivity contribution is 9.11. The van der Waals surface area contributed by atoms with E-state index in [1.807, 2.05) is 0 Å². The van der Waals surface area contributed by atoms with E-state index >= 15 is 0 Å². The van der Waals surface area contributed by atoms with E-state index in [4.69, 9.17) is 5.73 Å². The van der Waals surface area contributed by atoms with Crippen molar-refractivity contribution in [1.29, 1.82) is 0 Å². The van der Waals surface area contributed by atoms with E-state index in [1.54, 1.807) is 11.3 Å². The zero-order valence-corrected chi connectivity index (χ0v) is 10.4. The average Bonchev–Trinajstić information content (AvgIpc) is 2.72. The number of rotatable bonds is 3. The molecule has 4 heteroatoms. The van der Waals surface area contributed by atoms with Crippen LogP contribution in [0.4, 0.5) is 0 Å². The molecule has 2 rings (SSSR count). The summed E-state index contributed by atoms with van der Waals surface area (Å²) >= 11 is 5.20. The molecule has 74 valence electrons. The molecule has 0 aliphatic heterocycles. The minimum Gasteiger partial charge on any atom is -0.323 e. The van der Waals surface area contributed by atoms with Gasteiger partial charge in [-0.15, -0.1) is 23.7 Å². The first-order chi connectivity index (χ1) is 5.75. The lowest BCUT2D eigenvalue weighted by Gasteiger charge is -2.06. The summed E-state index contributed by atoms with van der Waals surface area (Å²) in [4.78, 5) is 1.31. The molecule has 1 aromatic rings. The molecule has 1 fully saturated rings. The van der Waals surface area contributed by atoms with Crippen molar-refractivity contribution >= 4 is 39.7 Å². The fraction of sp³-hybridized carbons (Fsp3) is 0.556. The van der Waals surface area contributed by atoms with E-state index in [9.17, 15) is 0 Å². The standard InChI is InChI=1S/C9H12BrNS.ClH/c10-9-4-3-8(12-9)7(11)5-6-1-2-6;/h3-4,6-7H,1-2,5,11H2;1H/t7-;/m1./s1. The number of thiophene rings is 1. The molecular weight excluding hydrogens is 270 g/mol. The fourth-order valence-electron chi connectivity index (χ4n) is 1.36. The summed E-state index contributed by atoms with van der Waals surface area (Å²) in [6.07, 6.45) is 3.95. The SMILES string of the molecule is Cl.N[C@H](CC1CC1)c1ccc(Br)s1. The summed E-state index contributed by atoms with van der Waals surface area (Å²) in [5.74, 6) is 0.917. The van der Waals surface area contributed by atoms with Crippen LogP contribution in [-0.2, 0) is 0 Å². The second-order valence-corrected chi connectivity index (χ2v) is 5.92. The monoisotopic (exact) mass is 281 g/mol. The van der Waals surface area contributed by atoms with Gasteiger partial charge < -0.3 is 5.73 Å². The Kier molecular flexibility index (Phi) is 4.23. The Hall–Kier alpha value is 0.430. The van der Waals surface area contributed by atoms with Crippen LogP contribution in [0.5, 0.6) is 0 Å². The maximum Gasteiger partial charge on any atom is 0.0701 e. The fourth-order valence-corrected chi connectivity index (χ4v) is 2.79. The number of hydrogen-bond donors (Lipinski definition) is 1. The molecule has 0 radical (unpaired) electrons. The molecule has 0 aromatic carbocycles.